The average Bonchev–Trinajstić information content (AvgIpc) is 3.30. The third-order valence-corrected chi connectivity index (χ3v) is 6.83. The summed E-state index contributed by atoms with van der Waals surface area (Å²) in [6.45, 7) is 9.05. The van der Waals surface area contributed by atoms with Crippen molar-refractivity contribution in [1.29, 1.82) is 0 Å². The lowest BCUT2D eigenvalue weighted by atomic mass is 10.2. The van der Waals surface area contributed by atoms with Crippen molar-refractivity contribution in [3.05, 3.63) is 62.3 Å². The van der Waals surface area contributed by atoms with Crippen LogP contribution >= 0.6 is 0 Å². The molecule has 1 aliphatic rings. The topological polar surface area (TPSA) is 83.6 Å². The van der Waals surface area contributed by atoms with Crippen LogP contribution in [0.1, 0.15) is 17.8 Å². The lowest BCUT2D eigenvalue weighted by molar-refractivity contribution is 0.250. The standard InChI is InChI=1S/C23H28FN7O2/c1-15-16(2)31-19-20(27(3)23(33)26-21(19)32)25-22(31)30(15)10-6-9-28-11-13-29(14-12-28)18-8-5-4-7-17(18)24/h4-5,7-8H,6,9-14H2,1-3H3,(H,26,32,33). The van der Waals surface area contributed by atoms with Gasteiger partial charge < -0.3 is 9.47 Å². The molecule has 1 aliphatic heterocycles. The quantitative estimate of drug-likeness (QED) is 0.497. The Labute approximate surface area is 189 Å². The van der Waals surface area contributed by atoms with E-state index in [1.807, 2.05) is 30.4 Å². The minimum atomic E-state index is -0.469. The summed E-state index contributed by atoms with van der Waals surface area (Å²) in [5.74, 6) is 0.507. The highest BCUT2D eigenvalue weighted by atomic mass is 19.1. The number of aryl methyl sites for hydroxylation is 3. The number of H-pyrrole nitrogens is 1. The van der Waals surface area contributed by atoms with E-state index in [0.717, 1.165) is 57.1 Å². The van der Waals surface area contributed by atoms with Crippen LogP contribution in [0.2, 0.25) is 0 Å². The van der Waals surface area contributed by atoms with Gasteiger partial charge >= 0.3 is 5.69 Å². The second-order valence-electron chi connectivity index (χ2n) is 8.69. The molecule has 0 spiro atoms. The average molecular weight is 454 g/mol. The van der Waals surface area contributed by atoms with Crippen LogP contribution in [0.3, 0.4) is 0 Å². The van der Waals surface area contributed by atoms with Gasteiger partial charge in [0.15, 0.2) is 11.2 Å². The van der Waals surface area contributed by atoms with Gasteiger partial charge in [-0.25, -0.2) is 9.18 Å². The van der Waals surface area contributed by atoms with Crippen molar-refractivity contribution in [2.75, 3.05) is 37.6 Å². The summed E-state index contributed by atoms with van der Waals surface area (Å²) in [4.78, 5) is 36.0. The molecule has 0 bridgehead atoms. The Morgan fingerprint density at radius 2 is 1.76 bits per heavy atom. The zero-order chi connectivity index (χ0) is 23.3. The Bertz CT molecular complexity index is 1450. The van der Waals surface area contributed by atoms with Crippen LogP contribution < -0.4 is 16.1 Å². The van der Waals surface area contributed by atoms with Crippen LogP contribution in [0, 0.1) is 19.7 Å². The zero-order valence-corrected chi connectivity index (χ0v) is 19.1. The van der Waals surface area contributed by atoms with Crippen LogP contribution in [0.15, 0.2) is 33.9 Å². The first-order valence-electron chi connectivity index (χ1n) is 11.3. The zero-order valence-electron chi connectivity index (χ0n) is 19.1. The molecule has 5 rings (SSSR count). The van der Waals surface area contributed by atoms with Gasteiger partial charge in [0.2, 0.25) is 5.78 Å². The molecule has 1 fully saturated rings. The molecular formula is C23H28FN7O2. The second kappa shape index (κ2) is 8.18. The van der Waals surface area contributed by atoms with Gasteiger partial charge in [-0.1, -0.05) is 12.1 Å². The fraction of sp³-hybridized carbons (Fsp3) is 0.435. The molecule has 0 aliphatic carbocycles. The molecule has 0 radical (unpaired) electrons. The molecule has 3 aromatic heterocycles. The van der Waals surface area contributed by atoms with E-state index in [2.05, 4.69) is 24.3 Å². The number of nitrogens with one attached hydrogen (secondary N) is 1. The molecule has 0 unspecified atom stereocenters. The summed E-state index contributed by atoms with van der Waals surface area (Å²) in [7, 11) is 1.61. The normalized spacial score (nSPS) is 15.2. The molecule has 9 nitrogen and oxygen atoms in total. The molecule has 4 heterocycles. The highest BCUT2D eigenvalue weighted by Gasteiger charge is 2.22. The van der Waals surface area contributed by atoms with E-state index in [4.69, 9.17) is 0 Å². The van der Waals surface area contributed by atoms with Crippen LogP contribution in [0.5, 0.6) is 0 Å². The lowest BCUT2D eigenvalue weighted by Crippen LogP contribution is -2.47. The van der Waals surface area contributed by atoms with Crippen molar-refractivity contribution >= 4 is 22.6 Å². The molecule has 1 N–H and O–H groups in total. The maximum absolute atomic E-state index is 14.1. The molecule has 0 atom stereocenters. The molecule has 1 saturated heterocycles. The summed E-state index contributed by atoms with van der Waals surface area (Å²) in [6, 6.07) is 6.94. The van der Waals surface area contributed by atoms with Crippen molar-refractivity contribution in [3.63, 3.8) is 0 Å². The number of imidazole rings is 2. The summed E-state index contributed by atoms with van der Waals surface area (Å²) >= 11 is 0. The van der Waals surface area contributed by atoms with Crippen molar-refractivity contribution in [2.24, 2.45) is 7.05 Å². The number of nitrogens with zero attached hydrogens (tertiary/aromatic N) is 6. The predicted molar refractivity (Wildman–Crippen MR) is 126 cm³/mol. The molecule has 1 aromatic carbocycles. The van der Waals surface area contributed by atoms with Gasteiger partial charge in [0.25, 0.3) is 5.56 Å². The summed E-state index contributed by atoms with van der Waals surface area (Å²) in [5, 5.41) is 0. The molecule has 33 heavy (non-hydrogen) atoms. The minimum Gasteiger partial charge on any atom is -0.367 e. The van der Waals surface area contributed by atoms with Gasteiger partial charge in [0, 0.05) is 51.2 Å². The number of piperazine rings is 1. The van der Waals surface area contributed by atoms with Gasteiger partial charge in [0.05, 0.1) is 5.69 Å². The van der Waals surface area contributed by atoms with Crippen LogP contribution in [0.25, 0.3) is 16.9 Å². The van der Waals surface area contributed by atoms with Crippen LogP contribution in [0.4, 0.5) is 10.1 Å². The van der Waals surface area contributed by atoms with Crippen molar-refractivity contribution in [1.82, 2.24) is 28.4 Å². The van der Waals surface area contributed by atoms with E-state index in [1.54, 1.807) is 13.1 Å². The SMILES string of the molecule is Cc1c(C)n2c3c(=O)[nH]c(=O)n(C)c3nc2n1CCCN1CCN(c2ccccc2F)CC1. The fourth-order valence-corrected chi connectivity index (χ4v) is 4.82. The first kappa shape index (κ1) is 21.4. The molecule has 0 saturated carbocycles. The lowest BCUT2D eigenvalue weighted by Gasteiger charge is -2.36. The highest BCUT2D eigenvalue weighted by Crippen LogP contribution is 2.22. The Balaban J connectivity index is 1.30. The van der Waals surface area contributed by atoms with E-state index >= 15 is 0 Å². The maximum Gasteiger partial charge on any atom is 0.329 e. The van der Waals surface area contributed by atoms with Gasteiger partial charge in [-0.05, 0) is 38.9 Å². The first-order valence-corrected chi connectivity index (χ1v) is 11.3. The monoisotopic (exact) mass is 453 g/mol. The Hall–Kier alpha value is -3.40. The highest BCUT2D eigenvalue weighted by molar-refractivity contribution is 5.76. The number of halogens is 1. The maximum atomic E-state index is 14.1. The van der Waals surface area contributed by atoms with E-state index in [-0.39, 0.29) is 5.82 Å². The number of fused-ring (bicyclic) bond motifs is 3. The summed E-state index contributed by atoms with van der Waals surface area (Å²) in [5.41, 5.74) is 2.56. The molecule has 4 aromatic rings. The molecular weight excluding hydrogens is 425 g/mol. The van der Waals surface area contributed by atoms with Gasteiger partial charge in [-0.3, -0.25) is 23.6 Å². The molecule has 174 valence electrons. The second-order valence-corrected chi connectivity index (χ2v) is 8.69. The number of aromatic amines is 1. The van der Waals surface area contributed by atoms with Crippen LogP contribution in [-0.4, -0.2) is 61.1 Å². The van der Waals surface area contributed by atoms with Crippen molar-refractivity contribution in [2.45, 2.75) is 26.8 Å². The fourth-order valence-electron chi connectivity index (χ4n) is 4.82. The van der Waals surface area contributed by atoms with Gasteiger partial charge in [-0.2, -0.15) is 4.98 Å². The number of hydrogen-bond acceptors (Lipinski definition) is 5. The van der Waals surface area contributed by atoms with E-state index < -0.39 is 11.2 Å². The number of benzene rings is 1. The van der Waals surface area contributed by atoms with Crippen molar-refractivity contribution < 1.29 is 4.39 Å². The number of hydrogen-bond donors (Lipinski definition) is 1. The number of para-hydroxylation sites is 1. The Morgan fingerprint density at radius 1 is 1.03 bits per heavy atom. The Morgan fingerprint density at radius 3 is 2.48 bits per heavy atom. The van der Waals surface area contributed by atoms with Gasteiger partial charge in [-0.15, -0.1) is 0 Å². The van der Waals surface area contributed by atoms with Crippen molar-refractivity contribution in [3.8, 4) is 0 Å². The van der Waals surface area contributed by atoms with Gasteiger partial charge in [0.1, 0.15) is 5.82 Å². The Kier molecular flexibility index (Phi) is 5.32. The number of anilines is 1. The summed E-state index contributed by atoms with van der Waals surface area (Å²) in [6.07, 6.45) is 0.919. The number of rotatable bonds is 5. The van der Waals surface area contributed by atoms with E-state index in [9.17, 15) is 14.0 Å². The molecule has 10 heteroatoms. The smallest absolute Gasteiger partial charge is 0.329 e. The third kappa shape index (κ3) is 3.54. The van der Waals surface area contributed by atoms with E-state index in [1.165, 1.54) is 10.6 Å². The number of aromatic nitrogens is 5. The van der Waals surface area contributed by atoms with E-state index in [0.29, 0.717) is 22.6 Å². The van der Waals surface area contributed by atoms with Crippen LogP contribution in [-0.2, 0) is 13.6 Å². The largest absolute Gasteiger partial charge is 0.367 e. The molecule has 0 amide bonds. The minimum absolute atomic E-state index is 0.170. The summed E-state index contributed by atoms with van der Waals surface area (Å²) < 4.78 is 19.4. The third-order valence-electron chi connectivity index (χ3n) is 6.83. The predicted octanol–water partition coefficient (Wildman–Crippen LogP) is 1.64. The first-order chi connectivity index (χ1) is 15.9.